The van der Waals surface area contributed by atoms with Gasteiger partial charge in [0.05, 0.1) is 0 Å². The highest BCUT2D eigenvalue weighted by Gasteiger charge is 2.18. The molecule has 0 spiro atoms. The number of amides is 1. The molecule has 4 nitrogen and oxygen atoms in total. The molecular weight excluding hydrogens is 214 g/mol. The van der Waals surface area contributed by atoms with Crippen LogP contribution in [0.25, 0.3) is 5.65 Å². The van der Waals surface area contributed by atoms with Crippen LogP contribution in [-0.2, 0) is 0 Å². The molecule has 5 heteroatoms. The van der Waals surface area contributed by atoms with Crippen LogP contribution >= 0.6 is 11.6 Å². The fourth-order valence-corrected chi connectivity index (χ4v) is 1.63. The number of aromatic nitrogens is 2. The predicted octanol–water partition coefficient (Wildman–Crippen LogP) is 1.69. The van der Waals surface area contributed by atoms with Crippen LogP contribution < -0.4 is 0 Å². The zero-order valence-electron chi connectivity index (χ0n) is 8.44. The average Bonchev–Trinajstić information content (AvgIpc) is 2.52. The van der Waals surface area contributed by atoms with Gasteiger partial charge in [-0.05, 0) is 12.1 Å². The molecule has 2 rings (SSSR count). The van der Waals surface area contributed by atoms with E-state index in [2.05, 4.69) is 4.98 Å². The molecule has 0 radical (unpaired) electrons. The van der Waals surface area contributed by atoms with E-state index in [0.29, 0.717) is 11.3 Å². The number of fused-ring (bicyclic) bond motifs is 1. The number of carbonyl (C=O) groups is 1. The second-order valence-electron chi connectivity index (χ2n) is 3.38. The number of pyridine rings is 1. The monoisotopic (exact) mass is 223 g/mol. The molecular formula is C10H10ClN3O. The number of halogens is 1. The highest BCUT2D eigenvalue weighted by atomic mass is 35.5. The summed E-state index contributed by atoms with van der Waals surface area (Å²) < 4.78 is 1.69. The Morgan fingerprint density at radius 1 is 1.47 bits per heavy atom. The Balaban J connectivity index is 2.69. The Labute approximate surface area is 92.1 Å². The largest absolute Gasteiger partial charge is 0.343 e. The van der Waals surface area contributed by atoms with Crippen molar-refractivity contribution in [1.29, 1.82) is 0 Å². The lowest BCUT2D eigenvalue weighted by atomic mass is 10.4. The van der Waals surface area contributed by atoms with Gasteiger partial charge in [0.1, 0.15) is 5.65 Å². The molecule has 0 saturated heterocycles. The van der Waals surface area contributed by atoms with Gasteiger partial charge in [0.2, 0.25) is 0 Å². The zero-order valence-corrected chi connectivity index (χ0v) is 9.19. The summed E-state index contributed by atoms with van der Waals surface area (Å²) in [4.78, 5) is 17.4. The van der Waals surface area contributed by atoms with Crippen molar-refractivity contribution in [3.05, 3.63) is 35.2 Å². The summed E-state index contributed by atoms with van der Waals surface area (Å²) >= 11 is 5.93. The second kappa shape index (κ2) is 3.55. The van der Waals surface area contributed by atoms with Crippen LogP contribution in [0.4, 0.5) is 0 Å². The molecule has 0 aromatic carbocycles. The first-order chi connectivity index (χ1) is 7.11. The summed E-state index contributed by atoms with van der Waals surface area (Å²) in [5, 5.41) is 0.236. The minimum atomic E-state index is -0.154. The lowest BCUT2D eigenvalue weighted by Gasteiger charge is -2.09. The first kappa shape index (κ1) is 9.98. The molecule has 2 heterocycles. The summed E-state index contributed by atoms with van der Waals surface area (Å²) in [5.41, 5.74) is 1.07. The van der Waals surface area contributed by atoms with Crippen LogP contribution in [0.2, 0.25) is 5.15 Å². The van der Waals surface area contributed by atoms with Crippen molar-refractivity contribution in [3.8, 4) is 0 Å². The number of rotatable bonds is 1. The molecule has 0 aliphatic rings. The number of imidazole rings is 1. The molecule has 78 valence electrons. The maximum absolute atomic E-state index is 11.8. The van der Waals surface area contributed by atoms with Gasteiger partial charge in [-0.3, -0.25) is 9.20 Å². The lowest BCUT2D eigenvalue weighted by molar-refractivity contribution is 0.0821. The van der Waals surface area contributed by atoms with Crippen LogP contribution in [0, 0.1) is 0 Å². The normalized spacial score (nSPS) is 10.6. The summed E-state index contributed by atoms with van der Waals surface area (Å²) in [5.74, 6) is -0.154. The van der Waals surface area contributed by atoms with E-state index in [1.54, 1.807) is 30.8 Å². The molecule has 1 amide bonds. The van der Waals surface area contributed by atoms with Crippen LogP contribution in [0.5, 0.6) is 0 Å². The van der Waals surface area contributed by atoms with Crippen molar-refractivity contribution >= 4 is 23.2 Å². The van der Waals surface area contributed by atoms with Crippen molar-refractivity contribution in [2.45, 2.75) is 0 Å². The zero-order chi connectivity index (χ0) is 11.0. The summed E-state index contributed by atoms with van der Waals surface area (Å²) in [6, 6.07) is 5.48. The third kappa shape index (κ3) is 1.57. The van der Waals surface area contributed by atoms with Gasteiger partial charge in [-0.2, -0.15) is 0 Å². The van der Waals surface area contributed by atoms with Gasteiger partial charge in [0, 0.05) is 20.3 Å². The number of nitrogens with zero attached hydrogens (tertiary/aromatic N) is 3. The highest BCUT2D eigenvalue weighted by molar-refractivity contribution is 6.32. The second-order valence-corrected chi connectivity index (χ2v) is 3.74. The van der Waals surface area contributed by atoms with E-state index in [0.717, 1.165) is 0 Å². The molecule has 2 aromatic heterocycles. The Bertz CT molecular complexity index is 518. The number of carbonyl (C=O) groups excluding carboxylic acids is 1. The van der Waals surface area contributed by atoms with Gasteiger partial charge in [-0.1, -0.05) is 17.7 Å². The minimum absolute atomic E-state index is 0.154. The fourth-order valence-electron chi connectivity index (χ4n) is 1.37. The van der Waals surface area contributed by atoms with Gasteiger partial charge < -0.3 is 4.90 Å². The van der Waals surface area contributed by atoms with Crippen molar-refractivity contribution in [1.82, 2.24) is 14.3 Å². The smallest absolute Gasteiger partial charge is 0.273 e. The number of hydrogen-bond acceptors (Lipinski definition) is 2. The molecule has 0 atom stereocenters. The van der Waals surface area contributed by atoms with E-state index in [1.807, 2.05) is 12.1 Å². The van der Waals surface area contributed by atoms with Gasteiger partial charge in [-0.15, -0.1) is 0 Å². The molecule has 0 unspecified atom stereocenters. The van der Waals surface area contributed by atoms with E-state index in [9.17, 15) is 4.79 Å². The van der Waals surface area contributed by atoms with E-state index in [4.69, 9.17) is 11.6 Å². The van der Waals surface area contributed by atoms with Crippen molar-refractivity contribution < 1.29 is 4.79 Å². The van der Waals surface area contributed by atoms with Crippen molar-refractivity contribution in [3.63, 3.8) is 0 Å². The van der Waals surface area contributed by atoms with Crippen LogP contribution in [-0.4, -0.2) is 34.3 Å². The first-order valence-corrected chi connectivity index (χ1v) is 4.83. The standard InChI is InChI=1S/C10H10ClN3O/c1-13(2)10(15)8-9(11)12-7-5-3-4-6-14(7)8/h3-6H,1-2H3. The summed E-state index contributed by atoms with van der Waals surface area (Å²) in [6.45, 7) is 0. The quantitative estimate of drug-likeness (QED) is 0.738. The van der Waals surface area contributed by atoms with Crippen molar-refractivity contribution in [2.75, 3.05) is 14.1 Å². The molecule has 0 saturated carbocycles. The molecule has 0 aliphatic carbocycles. The Hall–Kier alpha value is -1.55. The molecule has 0 aliphatic heterocycles. The van der Waals surface area contributed by atoms with Gasteiger partial charge in [0.25, 0.3) is 5.91 Å². The minimum Gasteiger partial charge on any atom is -0.343 e. The average molecular weight is 224 g/mol. The summed E-state index contributed by atoms with van der Waals surface area (Å²) in [6.07, 6.45) is 1.77. The molecule has 15 heavy (non-hydrogen) atoms. The molecule has 2 aromatic rings. The van der Waals surface area contributed by atoms with Crippen LogP contribution in [0.3, 0.4) is 0 Å². The van der Waals surface area contributed by atoms with E-state index in [1.165, 1.54) is 4.90 Å². The lowest BCUT2D eigenvalue weighted by Crippen LogP contribution is -2.23. The topological polar surface area (TPSA) is 37.6 Å². The van der Waals surface area contributed by atoms with Gasteiger partial charge in [0.15, 0.2) is 10.8 Å². The number of hydrogen-bond donors (Lipinski definition) is 0. The maximum Gasteiger partial charge on any atom is 0.273 e. The Morgan fingerprint density at radius 3 is 2.87 bits per heavy atom. The van der Waals surface area contributed by atoms with E-state index >= 15 is 0 Å². The van der Waals surface area contributed by atoms with Crippen LogP contribution in [0.1, 0.15) is 10.5 Å². The van der Waals surface area contributed by atoms with Gasteiger partial charge >= 0.3 is 0 Å². The third-order valence-corrected chi connectivity index (χ3v) is 2.36. The SMILES string of the molecule is CN(C)C(=O)c1c(Cl)nc2ccccn12. The van der Waals surface area contributed by atoms with Crippen molar-refractivity contribution in [2.24, 2.45) is 0 Å². The Morgan fingerprint density at radius 2 is 2.20 bits per heavy atom. The van der Waals surface area contributed by atoms with Gasteiger partial charge in [-0.25, -0.2) is 4.98 Å². The molecule has 0 fully saturated rings. The highest BCUT2D eigenvalue weighted by Crippen LogP contribution is 2.18. The predicted molar refractivity (Wildman–Crippen MR) is 58.2 cm³/mol. The summed E-state index contributed by atoms with van der Waals surface area (Å²) in [7, 11) is 3.36. The van der Waals surface area contributed by atoms with E-state index in [-0.39, 0.29) is 11.1 Å². The first-order valence-electron chi connectivity index (χ1n) is 4.45. The fraction of sp³-hybridized carbons (Fsp3) is 0.200. The van der Waals surface area contributed by atoms with E-state index < -0.39 is 0 Å². The Kier molecular flexibility index (Phi) is 2.36. The molecule has 0 bridgehead atoms. The molecule has 0 N–H and O–H groups in total. The maximum atomic E-state index is 11.8. The third-order valence-electron chi connectivity index (χ3n) is 2.10. The van der Waals surface area contributed by atoms with Crippen LogP contribution in [0.15, 0.2) is 24.4 Å².